The van der Waals surface area contributed by atoms with Crippen LogP contribution in [0.5, 0.6) is 17.2 Å². The van der Waals surface area contributed by atoms with Crippen molar-refractivity contribution in [3.8, 4) is 29.1 Å². The predicted molar refractivity (Wildman–Crippen MR) is 109 cm³/mol. The van der Waals surface area contributed by atoms with Gasteiger partial charge in [-0.2, -0.15) is 0 Å². The van der Waals surface area contributed by atoms with Gasteiger partial charge in [0, 0.05) is 5.56 Å². The van der Waals surface area contributed by atoms with Gasteiger partial charge in [-0.3, -0.25) is 9.59 Å². The molecule has 152 valence electrons. The Morgan fingerprint density at radius 1 is 0.931 bits per heavy atom. The van der Waals surface area contributed by atoms with Gasteiger partial charge in [-0.25, -0.2) is 0 Å². The first-order valence-electron chi connectivity index (χ1n) is 9.22. The van der Waals surface area contributed by atoms with Crippen molar-refractivity contribution < 1.29 is 23.8 Å². The molecule has 2 aromatic carbocycles. The number of benzene rings is 2. The Morgan fingerprint density at radius 3 is 2.38 bits per heavy atom. The molecule has 0 heterocycles. The number of ether oxygens (including phenoxy) is 3. The third kappa shape index (κ3) is 6.47. The highest BCUT2D eigenvalue weighted by Crippen LogP contribution is 2.28. The predicted octanol–water partition coefficient (Wildman–Crippen LogP) is 2.40. The standard InChI is InChI=1S/C22H24N2O5/c1-3-27-19-12-11-16(15-20(19)28-4-2)22(26)24-13-7-8-14-29-18-10-6-5-9-17(18)21(23)25/h5-6,9-12,15H,3-4,13-14H2,1-2H3,(H2,23,25)(H,24,26). The summed E-state index contributed by atoms with van der Waals surface area (Å²) >= 11 is 0. The Morgan fingerprint density at radius 2 is 1.66 bits per heavy atom. The Balaban J connectivity index is 1.88. The highest BCUT2D eigenvalue weighted by atomic mass is 16.5. The van der Waals surface area contributed by atoms with Crippen molar-refractivity contribution in [2.75, 3.05) is 26.4 Å². The van der Waals surface area contributed by atoms with Gasteiger partial charge < -0.3 is 25.3 Å². The van der Waals surface area contributed by atoms with E-state index in [1.807, 2.05) is 13.8 Å². The van der Waals surface area contributed by atoms with Crippen LogP contribution in [-0.4, -0.2) is 38.2 Å². The quantitative estimate of drug-likeness (QED) is 0.634. The minimum absolute atomic E-state index is 0.0672. The van der Waals surface area contributed by atoms with Crippen LogP contribution >= 0.6 is 0 Å². The molecule has 0 aliphatic carbocycles. The number of primary amides is 1. The van der Waals surface area contributed by atoms with E-state index in [9.17, 15) is 9.59 Å². The first kappa shape index (κ1) is 21.6. The molecule has 0 bridgehead atoms. The molecule has 0 saturated heterocycles. The van der Waals surface area contributed by atoms with Gasteiger partial charge in [0.2, 0.25) is 0 Å². The highest BCUT2D eigenvalue weighted by Gasteiger charge is 2.11. The lowest BCUT2D eigenvalue weighted by Crippen LogP contribution is -2.23. The number of nitrogens with two attached hydrogens (primary N) is 1. The maximum Gasteiger partial charge on any atom is 0.252 e. The Hall–Kier alpha value is -3.66. The van der Waals surface area contributed by atoms with E-state index in [0.29, 0.717) is 41.6 Å². The zero-order chi connectivity index (χ0) is 21.1. The topological polar surface area (TPSA) is 99.9 Å². The van der Waals surface area contributed by atoms with Crippen molar-refractivity contribution in [3.63, 3.8) is 0 Å². The van der Waals surface area contributed by atoms with Gasteiger partial charge in [0.25, 0.3) is 11.8 Å². The molecule has 0 atom stereocenters. The minimum Gasteiger partial charge on any atom is -0.490 e. The van der Waals surface area contributed by atoms with Crippen molar-refractivity contribution in [2.45, 2.75) is 13.8 Å². The number of hydrogen-bond acceptors (Lipinski definition) is 5. The molecular formula is C22H24N2O5. The molecule has 2 rings (SSSR count). The molecular weight excluding hydrogens is 372 g/mol. The van der Waals surface area contributed by atoms with Crippen LogP contribution in [0.25, 0.3) is 0 Å². The number of carbonyl (C=O) groups is 2. The van der Waals surface area contributed by atoms with E-state index in [4.69, 9.17) is 19.9 Å². The third-order valence-corrected chi connectivity index (χ3v) is 3.72. The molecule has 0 unspecified atom stereocenters. The summed E-state index contributed by atoms with van der Waals surface area (Å²) in [4.78, 5) is 23.6. The van der Waals surface area contributed by atoms with Gasteiger partial charge in [-0.05, 0) is 44.2 Å². The van der Waals surface area contributed by atoms with E-state index in [2.05, 4.69) is 17.2 Å². The van der Waals surface area contributed by atoms with Crippen LogP contribution < -0.4 is 25.3 Å². The number of para-hydroxylation sites is 1. The summed E-state index contributed by atoms with van der Waals surface area (Å²) in [5.41, 5.74) is 6.04. The van der Waals surface area contributed by atoms with E-state index in [-0.39, 0.29) is 19.1 Å². The van der Waals surface area contributed by atoms with Gasteiger partial charge >= 0.3 is 0 Å². The van der Waals surface area contributed by atoms with Crippen LogP contribution in [0.3, 0.4) is 0 Å². The molecule has 0 aliphatic heterocycles. The summed E-state index contributed by atoms with van der Waals surface area (Å²) < 4.78 is 16.5. The van der Waals surface area contributed by atoms with E-state index in [1.165, 1.54) is 0 Å². The van der Waals surface area contributed by atoms with Crippen LogP contribution in [0.15, 0.2) is 42.5 Å². The Bertz CT molecular complexity index is 915. The molecule has 0 fully saturated rings. The van der Waals surface area contributed by atoms with Crippen LogP contribution in [0.4, 0.5) is 0 Å². The van der Waals surface area contributed by atoms with Gasteiger partial charge in [-0.1, -0.05) is 24.0 Å². The zero-order valence-corrected chi connectivity index (χ0v) is 16.5. The lowest BCUT2D eigenvalue weighted by molar-refractivity contribution is 0.0956. The fourth-order valence-electron chi connectivity index (χ4n) is 2.44. The van der Waals surface area contributed by atoms with Crippen molar-refractivity contribution in [2.24, 2.45) is 5.73 Å². The molecule has 0 spiro atoms. The number of nitrogens with one attached hydrogen (secondary N) is 1. The summed E-state index contributed by atoms with van der Waals surface area (Å²) in [5, 5.41) is 2.71. The molecule has 7 nitrogen and oxygen atoms in total. The molecule has 29 heavy (non-hydrogen) atoms. The average Bonchev–Trinajstić information content (AvgIpc) is 2.72. The lowest BCUT2D eigenvalue weighted by atomic mass is 10.2. The molecule has 0 aliphatic rings. The minimum atomic E-state index is -0.567. The van der Waals surface area contributed by atoms with Crippen LogP contribution in [-0.2, 0) is 0 Å². The molecule has 0 radical (unpaired) electrons. The molecule has 0 aromatic heterocycles. The van der Waals surface area contributed by atoms with Crippen LogP contribution in [0.2, 0.25) is 0 Å². The first-order valence-corrected chi connectivity index (χ1v) is 9.22. The van der Waals surface area contributed by atoms with Gasteiger partial charge in [-0.15, -0.1) is 0 Å². The summed E-state index contributed by atoms with van der Waals surface area (Å²) in [6.07, 6.45) is 0. The second-order valence-electron chi connectivity index (χ2n) is 5.71. The normalized spacial score (nSPS) is 9.72. The zero-order valence-electron chi connectivity index (χ0n) is 16.5. The van der Waals surface area contributed by atoms with Crippen molar-refractivity contribution in [3.05, 3.63) is 53.6 Å². The van der Waals surface area contributed by atoms with Gasteiger partial charge in [0.1, 0.15) is 12.4 Å². The highest BCUT2D eigenvalue weighted by molar-refractivity contribution is 5.95. The van der Waals surface area contributed by atoms with E-state index in [0.717, 1.165) is 0 Å². The smallest absolute Gasteiger partial charge is 0.252 e. The Labute approximate surface area is 170 Å². The average molecular weight is 396 g/mol. The number of amides is 2. The van der Waals surface area contributed by atoms with Gasteiger partial charge in [0.05, 0.1) is 25.3 Å². The van der Waals surface area contributed by atoms with Crippen LogP contribution in [0.1, 0.15) is 34.6 Å². The number of carbonyl (C=O) groups excluding carboxylic acids is 2. The van der Waals surface area contributed by atoms with E-state index in [1.54, 1.807) is 42.5 Å². The summed E-state index contributed by atoms with van der Waals surface area (Å²) in [5.74, 6) is 6.23. The monoisotopic (exact) mass is 396 g/mol. The molecule has 7 heteroatoms. The van der Waals surface area contributed by atoms with E-state index < -0.39 is 5.91 Å². The van der Waals surface area contributed by atoms with Gasteiger partial charge in [0.15, 0.2) is 11.5 Å². The van der Waals surface area contributed by atoms with Crippen molar-refractivity contribution in [1.82, 2.24) is 5.32 Å². The molecule has 2 amide bonds. The second kappa shape index (κ2) is 11.2. The molecule has 3 N–H and O–H groups in total. The first-order chi connectivity index (χ1) is 14.1. The Kier molecular flexibility index (Phi) is 8.39. The van der Waals surface area contributed by atoms with E-state index >= 15 is 0 Å². The lowest BCUT2D eigenvalue weighted by Gasteiger charge is -2.12. The number of rotatable bonds is 9. The number of hydrogen-bond donors (Lipinski definition) is 2. The second-order valence-corrected chi connectivity index (χ2v) is 5.71. The van der Waals surface area contributed by atoms with Crippen LogP contribution in [0, 0.1) is 11.8 Å². The maximum absolute atomic E-state index is 12.3. The summed E-state index contributed by atoms with van der Waals surface area (Å²) in [6.45, 7) is 4.93. The molecule has 0 saturated carbocycles. The fourth-order valence-corrected chi connectivity index (χ4v) is 2.44. The molecule has 2 aromatic rings. The maximum atomic E-state index is 12.3. The summed E-state index contributed by atoms with van der Waals surface area (Å²) in [6, 6.07) is 11.7. The van der Waals surface area contributed by atoms with Crippen molar-refractivity contribution >= 4 is 11.8 Å². The summed E-state index contributed by atoms with van der Waals surface area (Å²) in [7, 11) is 0. The van der Waals surface area contributed by atoms with Crippen molar-refractivity contribution in [1.29, 1.82) is 0 Å². The SMILES string of the molecule is CCOc1ccc(C(=O)NCC#CCOc2ccccc2C(N)=O)cc1OCC. The largest absolute Gasteiger partial charge is 0.490 e. The third-order valence-electron chi connectivity index (χ3n) is 3.72. The fraction of sp³-hybridized carbons (Fsp3) is 0.273.